The Hall–Kier alpha value is 1.35. The summed E-state index contributed by atoms with van der Waals surface area (Å²) >= 11 is 0. The zero-order valence-corrected chi connectivity index (χ0v) is 19.4. The summed E-state index contributed by atoms with van der Waals surface area (Å²) in [6.45, 7) is -1.79. The number of rotatable bonds is 12. The Bertz CT molecular complexity index is 313. The third kappa shape index (κ3) is 23.6. The quantitative estimate of drug-likeness (QED) is 0.168. The van der Waals surface area contributed by atoms with Crippen molar-refractivity contribution in [2.45, 2.75) is 6.10 Å². The van der Waals surface area contributed by atoms with Gasteiger partial charge in [0.2, 0.25) is 0 Å². The Kier molecular flexibility index (Phi) is 18.8. The first-order valence-electron chi connectivity index (χ1n) is 5.27. The van der Waals surface area contributed by atoms with Gasteiger partial charge in [-0.1, -0.05) is 0 Å². The second kappa shape index (κ2) is 14.7. The van der Waals surface area contributed by atoms with Gasteiger partial charge < -0.3 is 52.3 Å². The molecule has 15 heteroatoms. The van der Waals surface area contributed by atoms with E-state index >= 15 is 0 Å². The minimum atomic E-state index is -5.02. The predicted octanol–water partition coefficient (Wildman–Crippen LogP) is -3.93. The largest absolute Gasteiger partial charge is 2.00 e. The fraction of sp³-hybridized carbons (Fsp3) is 1.00. The normalized spacial score (nSPS) is 11.9. The van der Waals surface area contributed by atoms with Crippen LogP contribution in [0.5, 0.6) is 0 Å². The molecule has 122 valence electrons. The standard InChI is InChI=1S/C7H18O11P2.2Zn/c8-7(5-15-1-3-17-19(9,10)11)6-16-2-4-18-20(12,13)14;;/h7-8H,1-6H2,(H2,9,10,11)(H2,12,13,14);;/q;2*+2/p-4. The predicted molar refractivity (Wildman–Crippen MR) is 54.8 cm³/mol. The number of hydrogen-bond acceptors (Lipinski definition) is 11. The molecule has 0 aliphatic rings. The molecule has 0 aliphatic carbocycles. The molecule has 0 saturated heterocycles. The Balaban J connectivity index is -0.00000180. The van der Waals surface area contributed by atoms with E-state index in [1.165, 1.54) is 0 Å². The Morgan fingerprint density at radius 2 is 1.09 bits per heavy atom. The second-order valence-electron chi connectivity index (χ2n) is 3.36. The maximum Gasteiger partial charge on any atom is 2.00 e. The molecule has 0 rings (SSSR count). The number of hydrogen-bond donors (Lipinski definition) is 1. The van der Waals surface area contributed by atoms with Crippen LogP contribution in [-0.4, -0.2) is 50.9 Å². The van der Waals surface area contributed by atoms with E-state index in [4.69, 9.17) is 9.47 Å². The van der Waals surface area contributed by atoms with Crippen molar-refractivity contribution in [1.82, 2.24) is 0 Å². The van der Waals surface area contributed by atoms with Crippen molar-refractivity contribution in [2.75, 3.05) is 39.6 Å². The molecule has 0 amide bonds. The molecule has 0 aliphatic heterocycles. The number of phosphoric acid groups is 2. The first-order chi connectivity index (χ1) is 9.10. The molecule has 11 nitrogen and oxygen atoms in total. The monoisotopic (exact) mass is 464 g/mol. The van der Waals surface area contributed by atoms with Crippen molar-refractivity contribution in [3.8, 4) is 0 Å². The summed E-state index contributed by atoms with van der Waals surface area (Å²) in [7, 11) is -10.0. The fourth-order valence-electron chi connectivity index (χ4n) is 0.903. The van der Waals surface area contributed by atoms with E-state index in [9.17, 15) is 33.8 Å². The van der Waals surface area contributed by atoms with E-state index in [2.05, 4.69) is 9.05 Å². The molecule has 0 saturated carbocycles. The van der Waals surface area contributed by atoms with Crippen LogP contribution < -0.4 is 19.6 Å². The SMILES string of the molecule is O=P([O-])([O-])OCCOCC(O)COCCOP(=O)([O-])[O-].[Zn+2].[Zn+2]. The first-order valence-corrected chi connectivity index (χ1v) is 8.19. The van der Waals surface area contributed by atoms with Crippen molar-refractivity contribution >= 4 is 15.6 Å². The van der Waals surface area contributed by atoms with Gasteiger partial charge >= 0.3 is 39.0 Å². The van der Waals surface area contributed by atoms with Crippen LogP contribution in [0.15, 0.2) is 0 Å². The molecule has 0 radical (unpaired) electrons. The van der Waals surface area contributed by atoms with Gasteiger partial charge in [0.05, 0.1) is 55.3 Å². The third-order valence-electron chi connectivity index (χ3n) is 1.57. The van der Waals surface area contributed by atoms with Crippen molar-refractivity contribution in [3.63, 3.8) is 0 Å². The summed E-state index contributed by atoms with van der Waals surface area (Å²) < 4.78 is 37.4. The van der Waals surface area contributed by atoms with Gasteiger partial charge in [-0.25, -0.2) is 0 Å². The average Bonchev–Trinajstić information content (AvgIpc) is 2.25. The molecular weight excluding hydrogens is 453 g/mol. The van der Waals surface area contributed by atoms with Crippen LogP contribution in [0.3, 0.4) is 0 Å². The van der Waals surface area contributed by atoms with Crippen LogP contribution in [0.25, 0.3) is 0 Å². The molecule has 0 unspecified atom stereocenters. The Morgan fingerprint density at radius 1 is 0.773 bits per heavy atom. The summed E-state index contributed by atoms with van der Waals surface area (Å²) in [4.78, 5) is 40.2. The number of ether oxygens (including phenoxy) is 2. The van der Waals surface area contributed by atoms with Crippen LogP contribution in [0.2, 0.25) is 0 Å². The fourth-order valence-corrected chi connectivity index (χ4v) is 1.50. The minimum absolute atomic E-state index is 0. The van der Waals surface area contributed by atoms with Gasteiger partial charge in [-0.2, -0.15) is 0 Å². The van der Waals surface area contributed by atoms with Gasteiger partial charge in [-0.15, -0.1) is 0 Å². The molecule has 0 aromatic carbocycles. The molecule has 22 heavy (non-hydrogen) atoms. The molecule has 0 aromatic rings. The van der Waals surface area contributed by atoms with Gasteiger partial charge in [0.25, 0.3) is 0 Å². The van der Waals surface area contributed by atoms with Gasteiger partial charge in [0.1, 0.15) is 6.10 Å². The Morgan fingerprint density at radius 3 is 1.36 bits per heavy atom. The summed E-state index contributed by atoms with van der Waals surface area (Å²) in [6.07, 6.45) is -1.06. The molecule has 0 spiro atoms. The average molecular weight is 467 g/mol. The molecule has 1 N–H and O–H groups in total. The van der Waals surface area contributed by atoms with Gasteiger partial charge in [0.15, 0.2) is 0 Å². The van der Waals surface area contributed by atoms with Crippen LogP contribution in [-0.2, 0) is 66.6 Å². The molecule has 0 fully saturated rings. The van der Waals surface area contributed by atoms with Crippen LogP contribution in [0.4, 0.5) is 0 Å². The molecule has 0 bridgehead atoms. The van der Waals surface area contributed by atoms with Crippen LogP contribution >= 0.6 is 15.6 Å². The molecule has 0 heterocycles. The van der Waals surface area contributed by atoms with Crippen molar-refractivity contribution in [3.05, 3.63) is 0 Å². The molecule has 0 atom stereocenters. The van der Waals surface area contributed by atoms with E-state index in [-0.39, 0.29) is 65.4 Å². The van der Waals surface area contributed by atoms with Crippen molar-refractivity contribution in [1.29, 1.82) is 0 Å². The second-order valence-corrected chi connectivity index (χ2v) is 5.67. The molecular formula is C7H14O11P2Zn2. The maximum absolute atomic E-state index is 10.1. The van der Waals surface area contributed by atoms with E-state index in [1.54, 1.807) is 0 Å². The van der Waals surface area contributed by atoms with Gasteiger partial charge in [0, 0.05) is 0 Å². The van der Waals surface area contributed by atoms with Crippen molar-refractivity contribution < 1.29 is 91.3 Å². The number of aliphatic hydroxyl groups is 1. The minimum Gasteiger partial charge on any atom is -0.790 e. The summed E-state index contributed by atoms with van der Waals surface area (Å²) in [5.74, 6) is 0. The van der Waals surface area contributed by atoms with E-state index in [0.29, 0.717) is 0 Å². The van der Waals surface area contributed by atoms with Crippen LogP contribution in [0.1, 0.15) is 0 Å². The van der Waals surface area contributed by atoms with E-state index in [1.807, 2.05) is 0 Å². The number of aliphatic hydroxyl groups excluding tert-OH is 1. The summed E-state index contributed by atoms with van der Waals surface area (Å²) in [5, 5.41) is 9.28. The smallest absolute Gasteiger partial charge is 0.790 e. The summed E-state index contributed by atoms with van der Waals surface area (Å²) in [6, 6.07) is 0. The zero-order valence-electron chi connectivity index (χ0n) is 11.7. The summed E-state index contributed by atoms with van der Waals surface area (Å²) in [5.41, 5.74) is 0. The van der Waals surface area contributed by atoms with Gasteiger partial charge in [-0.3, -0.25) is 0 Å². The van der Waals surface area contributed by atoms with Crippen molar-refractivity contribution in [2.24, 2.45) is 0 Å². The maximum atomic E-state index is 10.1. The first kappa shape index (κ1) is 28.2. The van der Waals surface area contributed by atoms with E-state index < -0.39 is 35.0 Å². The van der Waals surface area contributed by atoms with Gasteiger partial charge in [-0.05, 0) is 0 Å². The topological polar surface area (TPSA) is 184 Å². The third-order valence-corrected chi connectivity index (χ3v) is 2.57. The molecule has 0 aromatic heterocycles. The Labute approximate surface area is 152 Å². The number of phosphoric ester groups is 2. The zero-order chi connectivity index (χ0) is 15.6. The van der Waals surface area contributed by atoms with Crippen LogP contribution in [0, 0.1) is 0 Å². The van der Waals surface area contributed by atoms with E-state index in [0.717, 1.165) is 0 Å².